The van der Waals surface area contributed by atoms with Gasteiger partial charge in [-0.2, -0.15) is 0 Å². The molecule has 0 amide bonds. The van der Waals surface area contributed by atoms with Crippen LogP contribution in [0.2, 0.25) is 0 Å². The number of aliphatic hydroxyl groups is 2. The fraction of sp³-hybridized carbons (Fsp3) is 1.00. The van der Waals surface area contributed by atoms with Crippen molar-refractivity contribution >= 4 is 0 Å². The molecule has 15 heavy (non-hydrogen) atoms. The maximum absolute atomic E-state index is 9.78. The third kappa shape index (κ3) is 4.12. The van der Waals surface area contributed by atoms with Crippen LogP contribution in [0.25, 0.3) is 0 Å². The van der Waals surface area contributed by atoms with Crippen LogP contribution < -0.4 is 0 Å². The summed E-state index contributed by atoms with van der Waals surface area (Å²) in [7, 11) is 0. The minimum Gasteiger partial charge on any atom is -0.396 e. The third-order valence-electron chi connectivity index (χ3n) is 3.81. The maximum atomic E-state index is 9.78. The maximum Gasteiger partial charge on any atom is 0.0572 e. The van der Waals surface area contributed by atoms with Crippen molar-refractivity contribution in [3.63, 3.8) is 0 Å². The lowest BCUT2D eigenvalue weighted by Gasteiger charge is -2.20. The van der Waals surface area contributed by atoms with Gasteiger partial charge < -0.3 is 10.2 Å². The molecular formula is C13H26O2. The van der Waals surface area contributed by atoms with Gasteiger partial charge in [0.2, 0.25) is 0 Å². The average molecular weight is 214 g/mol. The van der Waals surface area contributed by atoms with E-state index in [1.165, 1.54) is 32.1 Å². The molecule has 1 aliphatic rings. The van der Waals surface area contributed by atoms with Crippen LogP contribution in [0.3, 0.4) is 0 Å². The highest BCUT2D eigenvalue weighted by Crippen LogP contribution is 2.35. The van der Waals surface area contributed by atoms with Crippen LogP contribution >= 0.6 is 0 Å². The summed E-state index contributed by atoms with van der Waals surface area (Å²) in [5, 5.41) is 19.0. The Kier molecular flexibility index (Phi) is 6.26. The van der Waals surface area contributed by atoms with Gasteiger partial charge in [-0.05, 0) is 31.1 Å². The monoisotopic (exact) mass is 214 g/mol. The Morgan fingerprint density at radius 1 is 1.07 bits per heavy atom. The summed E-state index contributed by atoms with van der Waals surface area (Å²) in [4.78, 5) is 0. The topological polar surface area (TPSA) is 40.5 Å². The molecule has 0 aliphatic heterocycles. The van der Waals surface area contributed by atoms with Gasteiger partial charge in [0.05, 0.1) is 6.10 Å². The highest BCUT2D eigenvalue weighted by molar-refractivity contribution is 4.84. The Labute approximate surface area is 93.7 Å². The van der Waals surface area contributed by atoms with Crippen molar-refractivity contribution < 1.29 is 10.2 Å². The first-order valence-corrected chi connectivity index (χ1v) is 6.58. The zero-order valence-corrected chi connectivity index (χ0v) is 9.99. The average Bonchev–Trinajstić information content (AvgIpc) is 2.60. The van der Waals surface area contributed by atoms with Crippen LogP contribution in [-0.4, -0.2) is 22.9 Å². The third-order valence-corrected chi connectivity index (χ3v) is 3.81. The van der Waals surface area contributed by atoms with E-state index in [0.29, 0.717) is 11.8 Å². The SMILES string of the molecule is CCCCCCCC1C(O)CC[C@@H]1CO. The van der Waals surface area contributed by atoms with Crippen molar-refractivity contribution in [2.24, 2.45) is 11.8 Å². The van der Waals surface area contributed by atoms with Gasteiger partial charge in [-0.1, -0.05) is 39.0 Å². The van der Waals surface area contributed by atoms with Gasteiger partial charge in [0.15, 0.2) is 0 Å². The van der Waals surface area contributed by atoms with Crippen LogP contribution in [-0.2, 0) is 0 Å². The molecule has 0 saturated heterocycles. The molecule has 0 spiro atoms. The van der Waals surface area contributed by atoms with E-state index in [4.69, 9.17) is 0 Å². The van der Waals surface area contributed by atoms with Gasteiger partial charge in [-0.15, -0.1) is 0 Å². The van der Waals surface area contributed by atoms with E-state index in [2.05, 4.69) is 6.92 Å². The normalized spacial score (nSPS) is 31.0. The minimum absolute atomic E-state index is 0.145. The van der Waals surface area contributed by atoms with E-state index in [1.54, 1.807) is 0 Å². The molecule has 1 rings (SSSR count). The van der Waals surface area contributed by atoms with Crippen molar-refractivity contribution in [1.82, 2.24) is 0 Å². The Morgan fingerprint density at radius 2 is 1.80 bits per heavy atom. The number of hydrogen-bond acceptors (Lipinski definition) is 2. The lowest BCUT2D eigenvalue weighted by atomic mass is 9.90. The second kappa shape index (κ2) is 7.24. The van der Waals surface area contributed by atoms with Gasteiger partial charge in [-0.3, -0.25) is 0 Å². The summed E-state index contributed by atoms with van der Waals surface area (Å²) in [5.74, 6) is 0.739. The van der Waals surface area contributed by atoms with Crippen molar-refractivity contribution in [1.29, 1.82) is 0 Å². The van der Waals surface area contributed by atoms with E-state index in [1.807, 2.05) is 0 Å². The van der Waals surface area contributed by atoms with Gasteiger partial charge in [0.25, 0.3) is 0 Å². The van der Waals surface area contributed by atoms with Crippen molar-refractivity contribution in [2.75, 3.05) is 6.61 Å². The molecule has 1 fully saturated rings. The molecule has 0 aromatic heterocycles. The van der Waals surface area contributed by atoms with Gasteiger partial charge in [-0.25, -0.2) is 0 Å². The lowest BCUT2D eigenvalue weighted by Crippen LogP contribution is -2.21. The van der Waals surface area contributed by atoms with E-state index < -0.39 is 0 Å². The summed E-state index contributed by atoms with van der Waals surface area (Å²) < 4.78 is 0. The number of rotatable bonds is 7. The Balaban J connectivity index is 2.13. The molecule has 0 aromatic rings. The van der Waals surface area contributed by atoms with Crippen LogP contribution in [0.1, 0.15) is 58.3 Å². The van der Waals surface area contributed by atoms with Crippen LogP contribution in [0.4, 0.5) is 0 Å². The van der Waals surface area contributed by atoms with Gasteiger partial charge >= 0.3 is 0 Å². The molecule has 2 heteroatoms. The van der Waals surface area contributed by atoms with E-state index in [9.17, 15) is 10.2 Å². The van der Waals surface area contributed by atoms with Gasteiger partial charge in [0.1, 0.15) is 0 Å². The fourth-order valence-electron chi connectivity index (χ4n) is 2.77. The zero-order chi connectivity index (χ0) is 11.1. The molecule has 2 nitrogen and oxygen atoms in total. The molecular weight excluding hydrogens is 188 g/mol. The van der Waals surface area contributed by atoms with Crippen LogP contribution in [0.5, 0.6) is 0 Å². The number of aliphatic hydroxyl groups excluding tert-OH is 2. The minimum atomic E-state index is -0.145. The molecule has 90 valence electrons. The Morgan fingerprint density at radius 3 is 2.47 bits per heavy atom. The van der Waals surface area contributed by atoms with E-state index in [0.717, 1.165) is 19.3 Å². The molecule has 0 bridgehead atoms. The van der Waals surface area contributed by atoms with E-state index in [-0.39, 0.29) is 12.7 Å². The molecule has 1 aliphatic carbocycles. The molecule has 0 aromatic carbocycles. The largest absolute Gasteiger partial charge is 0.396 e. The van der Waals surface area contributed by atoms with E-state index >= 15 is 0 Å². The number of unbranched alkanes of at least 4 members (excludes halogenated alkanes) is 4. The fourth-order valence-corrected chi connectivity index (χ4v) is 2.77. The van der Waals surface area contributed by atoms with Crippen molar-refractivity contribution in [2.45, 2.75) is 64.4 Å². The zero-order valence-electron chi connectivity index (χ0n) is 9.99. The van der Waals surface area contributed by atoms with Crippen molar-refractivity contribution in [3.8, 4) is 0 Å². The first-order valence-electron chi connectivity index (χ1n) is 6.58. The summed E-state index contributed by atoms with van der Waals surface area (Å²) >= 11 is 0. The Bertz CT molecular complexity index is 159. The predicted molar refractivity (Wildman–Crippen MR) is 62.7 cm³/mol. The summed E-state index contributed by atoms with van der Waals surface area (Å²) in [6, 6.07) is 0. The highest BCUT2D eigenvalue weighted by Gasteiger charge is 2.33. The molecule has 1 saturated carbocycles. The Hall–Kier alpha value is -0.0800. The predicted octanol–water partition coefficient (Wildman–Crippen LogP) is 2.73. The smallest absolute Gasteiger partial charge is 0.0572 e. The van der Waals surface area contributed by atoms with Crippen molar-refractivity contribution in [3.05, 3.63) is 0 Å². The lowest BCUT2D eigenvalue weighted by molar-refractivity contribution is 0.0904. The second-order valence-corrected chi connectivity index (χ2v) is 4.95. The summed E-state index contributed by atoms with van der Waals surface area (Å²) in [6.07, 6.45) is 9.31. The molecule has 2 unspecified atom stereocenters. The standard InChI is InChI=1S/C13H26O2/c1-2-3-4-5-6-7-12-11(10-14)8-9-13(12)15/h11-15H,2-10H2,1H3/t11-,12?,13?/m1/s1. The quantitative estimate of drug-likeness (QED) is 0.640. The molecule has 3 atom stereocenters. The first kappa shape index (κ1) is 13.0. The summed E-state index contributed by atoms with van der Waals surface area (Å²) in [5.41, 5.74) is 0. The van der Waals surface area contributed by atoms with Crippen LogP contribution in [0.15, 0.2) is 0 Å². The molecule has 0 heterocycles. The highest BCUT2D eigenvalue weighted by atomic mass is 16.3. The van der Waals surface area contributed by atoms with Gasteiger partial charge in [0, 0.05) is 6.61 Å². The molecule has 0 radical (unpaired) electrons. The second-order valence-electron chi connectivity index (χ2n) is 4.95. The number of hydrogen-bond donors (Lipinski definition) is 2. The first-order chi connectivity index (χ1) is 7.29. The summed E-state index contributed by atoms with van der Waals surface area (Å²) in [6.45, 7) is 2.49. The molecule has 2 N–H and O–H groups in total. The van der Waals surface area contributed by atoms with Crippen LogP contribution in [0, 0.1) is 11.8 Å².